The SMILES string of the molecule is CCNc1ncnc(Nc2cccc(C)c2Br)c1CC. The predicted molar refractivity (Wildman–Crippen MR) is 87.7 cm³/mol. The second-order valence-corrected chi connectivity index (χ2v) is 5.29. The summed E-state index contributed by atoms with van der Waals surface area (Å²) in [6.07, 6.45) is 2.46. The molecule has 1 heterocycles. The molecule has 0 saturated carbocycles. The monoisotopic (exact) mass is 334 g/mol. The third-order valence-corrected chi connectivity index (χ3v) is 4.14. The zero-order valence-electron chi connectivity index (χ0n) is 12.0. The van der Waals surface area contributed by atoms with Gasteiger partial charge in [-0.05, 0) is 47.8 Å². The Morgan fingerprint density at radius 2 is 1.90 bits per heavy atom. The van der Waals surface area contributed by atoms with Crippen molar-refractivity contribution in [3.05, 3.63) is 40.1 Å². The summed E-state index contributed by atoms with van der Waals surface area (Å²) in [4.78, 5) is 8.68. The van der Waals surface area contributed by atoms with E-state index < -0.39 is 0 Å². The molecule has 0 bridgehead atoms. The van der Waals surface area contributed by atoms with E-state index in [1.54, 1.807) is 6.33 Å². The molecule has 0 aliphatic rings. The molecule has 2 rings (SSSR count). The number of nitrogens with zero attached hydrogens (tertiary/aromatic N) is 2. The van der Waals surface area contributed by atoms with Gasteiger partial charge in [-0.1, -0.05) is 19.1 Å². The van der Waals surface area contributed by atoms with Crippen molar-refractivity contribution in [1.29, 1.82) is 0 Å². The Kier molecular flexibility index (Phi) is 4.95. The van der Waals surface area contributed by atoms with Crippen molar-refractivity contribution in [3.8, 4) is 0 Å². The van der Waals surface area contributed by atoms with Gasteiger partial charge in [0.1, 0.15) is 18.0 Å². The largest absolute Gasteiger partial charge is 0.370 e. The Balaban J connectivity index is 2.38. The fourth-order valence-corrected chi connectivity index (χ4v) is 2.41. The second-order valence-electron chi connectivity index (χ2n) is 4.49. The molecule has 0 atom stereocenters. The molecular formula is C15H19BrN4. The molecule has 1 aromatic heterocycles. The highest BCUT2D eigenvalue weighted by atomic mass is 79.9. The minimum Gasteiger partial charge on any atom is -0.370 e. The zero-order chi connectivity index (χ0) is 14.5. The van der Waals surface area contributed by atoms with Crippen molar-refractivity contribution < 1.29 is 0 Å². The minimum atomic E-state index is 0.845. The van der Waals surface area contributed by atoms with Crippen LogP contribution in [0.2, 0.25) is 0 Å². The summed E-state index contributed by atoms with van der Waals surface area (Å²) in [6, 6.07) is 6.13. The van der Waals surface area contributed by atoms with Gasteiger partial charge in [-0.3, -0.25) is 0 Å². The number of rotatable bonds is 5. The molecule has 0 unspecified atom stereocenters. The van der Waals surface area contributed by atoms with Crippen molar-refractivity contribution >= 4 is 33.3 Å². The first-order valence-corrected chi connectivity index (χ1v) is 7.56. The molecule has 0 fully saturated rings. The number of aryl methyl sites for hydroxylation is 1. The molecule has 2 N–H and O–H groups in total. The lowest BCUT2D eigenvalue weighted by atomic mass is 10.2. The van der Waals surface area contributed by atoms with Gasteiger partial charge in [0.15, 0.2) is 0 Å². The summed E-state index contributed by atoms with van der Waals surface area (Å²) in [5.41, 5.74) is 3.30. The quantitative estimate of drug-likeness (QED) is 0.856. The van der Waals surface area contributed by atoms with Crippen molar-refractivity contribution in [1.82, 2.24) is 9.97 Å². The number of hydrogen-bond donors (Lipinski definition) is 2. The fraction of sp³-hybridized carbons (Fsp3) is 0.333. The van der Waals surface area contributed by atoms with E-state index >= 15 is 0 Å². The number of anilines is 3. The van der Waals surface area contributed by atoms with Crippen LogP contribution in [0.5, 0.6) is 0 Å². The van der Waals surface area contributed by atoms with Crippen molar-refractivity contribution in [2.45, 2.75) is 27.2 Å². The van der Waals surface area contributed by atoms with Gasteiger partial charge in [0.2, 0.25) is 0 Å². The smallest absolute Gasteiger partial charge is 0.139 e. The lowest BCUT2D eigenvalue weighted by molar-refractivity contribution is 1.03. The van der Waals surface area contributed by atoms with Crippen LogP contribution < -0.4 is 10.6 Å². The highest BCUT2D eigenvalue weighted by molar-refractivity contribution is 9.10. The van der Waals surface area contributed by atoms with Crippen molar-refractivity contribution in [2.24, 2.45) is 0 Å². The fourth-order valence-electron chi connectivity index (χ4n) is 2.05. The Bertz CT molecular complexity index is 598. The molecule has 20 heavy (non-hydrogen) atoms. The summed E-state index contributed by atoms with van der Waals surface area (Å²) >= 11 is 3.61. The molecule has 0 saturated heterocycles. The first-order chi connectivity index (χ1) is 9.67. The first kappa shape index (κ1) is 14.8. The van der Waals surface area contributed by atoms with Gasteiger partial charge in [0.25, 0.3) is 0 Å². The van der Waals surface area contributed by atoms with Gasteiger partial charge in [0.05, 0.1) is 5.69 Å². The summed E-state index contributed by atoms with van der Waals surface area (Å²) in [6.45, 7) is 7.08. The maximum atomic E-state index is 4.38. The molecule has 0 radical (unpaired) electrons. The summed E-state index contributed by atoms with van der Waals surface area (Å²) in [5, 5.41) is 6.67. The van der Waals surface area contributed by atoms with E-state index in [9.17, 15) is 0 Å². The van der Waals surface area contributed by atoms with Gasteiger partial charge < -0.3 is 10.6 Å². The van der Waals surface area contributed by atoms with Crippen LogP contribution in [0.1, 0.15) is 25.0 Å². The molecule has 4 nitrogen and oxygen atoms in total. The van der Waals surface area contributed by atoms with E-state index in [1.165, 1.54) is 5.56 Å². The molecule has 0 spiro atoms. The Labute approximate surface area is 128 Å². The van der Waals surface area contributed by atoms with Gasteiger partial charge in [0, 0.05) is 16.6 Å². The van der Waals surface area contributed by atoms with Crippen LogP contribution in [0, 0.1) is 6.92 Å². The van der Waals surface area contributed by atoms with E-state index in [4.69, 9.17) is 0 Å². The number of hydrogen-bond acceptors (Lipinski definition) is 4. The van der Waals surface area contributed by atoms with Gasteiger partial charge >= 0.3 is 0 Å². The standard InChI is InChI=1S/C15H19BrN4/c1-4-11-14(17-5-2)18-9-19-15(11)20-12-8-6-7-10(3)13(12)16/h6-9H,4-5H2,1-3H3,(H2,17,18,19,20). The molecule has 0 aliphatic heterocycles. The Morgan fingerprint density at radius 1 is 1.15 bits per heavy atom. The number of halogens is 1. The van der Waals surface area contributed by atoms with Gasteiger partial charge in [-0.15, -0.1) is 0 Å². The van der Waals surface area contributed by atoms with Crippen LogP contribution in [-0.4, -0.2) is 16.5 Å². The summed E-state index contributed by atoms with van der Waals surface area (Å²) < 4.78 is 1.06. The summed E-state index contributed by atoms with van der Waals surface area (Å²) in [7, 11) is 0. The number of aromatic nitrogens is 2. The lowest BCUT2D eigenvalue weighted by Gasteiger charge is -2.15. The van der Waals surface area contributed by atoms with Crippen LogP contribution in [0.3, 0.4) is 0 Å². The average molecular weight is 335 g/mol. The predicted octanol–water partition coefficient (Wildman–Crippen LogP) is 4.29. The van der Waals surface area contributed by atoms with Crippen molar-refractivity contribution in [3.63, 3.8) is 0 Å². The normalized spacial score (nSPS) is 10.4. The molecule has 0 aliphatic carbocycles. The van der Waals surface area contributed by atoms with Crippen LogP contribution >= 0.6 is 15.9 Å². The number of nitrogens with one attached hydrogen (secondary N) is 2. The molecule has 5 heteroatoms. The highest BCUT2D eigenvalue weighted by Gasteiger charge is 2.11. The van der Waals surface area contributed by atoms with E-state index in [1.807, 2.05) is 12.1 Å². The topological polar surface area (TPSA) is 49.8 Å². The molecule has 2 aromatic rings. The van der Waals surface area contributed by atoms with Crippen LogP contribution in [-0.2, 0) is 6.42 Å². The molecule has 1 aromatic carbocycles. The lowest BCUT2D eigenvalue weighted by Crippen LogP contribution is -2.07. The first-order valence-electron chi connectivity index (χ1n) is 6.77. The second kappa shape index (κ2) is 6.70. The maximum absolute atomic E-state index is 4.38. The number of benzene rings is 1. The van der Waals surface area contributed by atoms with E-state index in [-0.39, 0.29) is 0 Å². The van der Waals surface area contributed by atoms with Gasteiger partial charge in [-0.2, -0.15) is 0 Å². The zero-order valence-corrected chi connectivity index (χ0v) is 13.6. The van der Waals surface area contributed by atoms with Crippen LogP contribution in [0.15, 0.2) is 29.0 Å². The molecule has 0 amide bonds. The van der Waals surface area contributed by atoms with E-state index in [0.29, 0.717) is 0 Å². The highest BCUT2D eigenvalue weighted by Crippen LogP contribution is 2.30. The Hall–Kier alpha value is -1.62. The van der Waals surface area contributed by atoms with Crippen molar-refractivity contribution in [2.75, 3.05) is 17.2 Å². The van der Waals surface area contributed by atoms with E-state index in [2.05, 4.69) is 63.4 Å². The molecule has 106 valence electrons. The molecular weight excluding hydrogens is 316 g/mol. The van der Waals surface area contributed by atoms with Crippen LogP contribution in [0.25, 0.3) is 0 Å². The maximum Gasteiger partial charge on any atom is 0.139 e. The third-order valence-electron chi connectivity index (χ3n) is 3.09. The minimum absolute atomic E-state index is 0.845. The van der Waals surface area contributed by atoms with E-state index in [0.717, 1.165) is 40.3 Å². The van der Waals surface area contributed by atoms with Gasteiger partial charge in [-0.25, -0.2) is 9.97 Å². The van der Waals surface area contributed by atoms with Crippen LogP contribution in [0.4, 0.5) is 17.3 Å². The average Bonchev–Trinajstić information content (AvgIpc) is 2.44. The Morgan fingerprint density at radius 3 is 2.60 bits per heavy atom. The summed E-state index contributed by atoms with van der Waals surface area (Å²) in [5.74, 6) is 1.75. The third kappa shape index (κ3) is 3.10.